The van der Waals surface area contributed by atoms with Gasteiger partial charge in [0, 0.05) is 19.5 Å². The van der Waals surface area contributed by atoms with Gasteiger partial charge in [0.05, 0.1) is 0 Å². The van der Waals surface area contributed by atoms with Gasteiger partial charge in [0.15, 0.2) is 5.82 Å². The highest BCUT2D eigenvalue weighted by Crippen LogP contribution is 2.27. The second kappa shape index (κ2) is 7.99. The number of likely N-dealkylation sites (N-methyl/N-ethyl adjacent to an activating group) is 1. The van der Waals surface area contributed by atoms with Crippen LogP contribution in [0.5, 0.6) is 0 Å². The number of carbonyl (C=O) groups is 1. The minimum Gasteiger partial charge on any atom is -0.341 e. The summed E-state index contributed by atoms with van der Waals surface area (Å²) >= 11 is 0. The summed E-state index contributed by atoms with van der Waals surface area (Å²) in [6.07, 6.45) is 2.75. The molecule has 0 bridgehead atoms. The van der Waals surface area contributed by atoms with E-state index >= 15 is 0 Å². The third-order valence-corrected chi connectivity index (χ3v) is 5.19. The number of hydrogen-bond donors (Lipinski definition) is 0. The number of aromatic nitrogens is 2. The first-order valence-corrected chi connectivity index (χ1v) is 9.25. The zero-order chi connectivity index (χ0) is 18.7. The van der Waals surface area contributed by atoms with Crippen LogP contribution in [-0.2, 0) is 11.2 Å². The lowest BCUT2D eigenvalue weighted by atomic mass is 9.92. The van der Waals surface area contributed by atoms with E-state index in [1.54, 1.807) is 0 Å². The van der Waals surface area contributed by atoms with Gasteiger partial charge in [-0.3, -0.25) is 9.69 Å². The van der Waals surface area contributed by atoms with Crippen LogP contribution >= 0.6 is 0 Å². The van der Waals surface area contributed by atoms with Crippen LogP contribution in [0.15, 0.2) is 28.8 Å². The summed E-state index contributed by atoms with van der Waals surface area (Å²) in [7, 11) is 3.94. The van der Waals surface area contributed by atoms with Crippen molar-refractivity contribution in [1.82, 2.24) is 19.9 Å². The molecule has 0 aliphatic carbocycles. The van der Waals surface area contributed by atoms with Gasteiger partial charge in [-0.15, -0.1) is 0 Å². The maximum atomic E-state index is 13.2. The minimum absolute atomic E-state index is 0.191. The maximum Gasteiger partial charge on any atom is 0.244 e. The van der Waals surface area contributed by atoms with Crippen molar-refractivity contribution in [2.45, 2.75) is 39.2 Å². The van der Waals surface area contributed by atoms with E-state index in [9.17, 15) is 4.79 Å². The molecule has 1 amide bonds. The summed E-state index contributed by atoms with van der Waals surface area (Å²) in [6, 6.07) is 7.91. The lowest BCUT2D eigenvalue weighted by Crippen LogP contribution is -2.45. The quantitative estimate of drug-likeness (QED) is 0.824. The first-order valence-electron chi connectivity index (χ1n) is 9.25. The average Bonchev–Trinajstić information content (AvgIpc) is 3.02. The molecule has 1 saturated heterocycles. The largest absolute Gasteiger partial charge is 0.341 e. The molecule has 2 aromatic rings. The Kier molecular flexibility index (Phi) is 5.71. The third-order valence-electron chi connectivity index (χ3n) is 5.19. The third kappa shape index (κ3) is 4.12. The van der Waals surface area contributed by atoms with Gasteiger partial charge in [0.25, 0.3) is 0 Å². The highest BCUT2D eigenvalue weighted by molar-refractivity contribution is 5.83. The van der Waals surface area contributed by atoms with E-state index in [-0.39, 0.29) is 11.9 Å². The first-order chi connectivity index (χ1) is 12.5. The standard InChI is InChI=1S/C20H28N4O2/c1-14-7-5-6-8-17(14)19(23(3)4)20(25)24-11-9-16(10-12-24)13-18-21-15(2)22-26-18/h5-8,16,19H,9-13H2,1-4H3/t19-/m0/s1. The Hall–Kier alpha value is -2.21. The van der Waals surface area contributed by atoms with E-state index in [1.165, 1.54) is 0 Å². The highest BCUT2D eigenvalue weighted by Gasteiger charge is 2.31. The molecule has 6 nitrogen and oxygen atoms in total. The lowest BCUT2D eigenvalue weighted by molar-refractivity contribution is -0.137. The molecule has 0 saturated carbocycles. The average molecular weight is 356 g/mol. The van der Waals surface area contributed by atoms with Gasteiger partial charge in [-0.1, -0.05) is 29.4 Å². The van der Waals surface area contributed by atoms with Crippen molar-refractivity contribution in [3.63, 3.8) is 0 Å². The van der Waals surface area contributed by atoms with Gasteiger partial charge in [0.2, 0.25) is 11.8 Å². The second-order valence-electron chi connectivity index (χ2n) is 7.43. The van der Waals surface area contributed by atoms with Crippen molar-refractivity contribution >= 4 is 5.91 Å². The van der Waals surface area contributed by atoms with Crippen molar-refractivity contribution in [1.29, 1.82) is 0 Å². The maximum absolute atomic E-state index is 13.2. The van der Waals surface area contributed by atoms with E-state index in [1.807, 2.05) is 43.0 Å². The summed E-state index contributed by atoms with van der Waals surface area (Å²) in [4.78, 5) is 21.5. The van der Waals surface area contributed by atoms with Crippen molar-refractivity contribution in [2.24, 2.45) is 5.92 Å². The van der Waals surface area contributed by atoms with Gasteiger partial charge in [-0.25, -0.2) is 0 Å². The molecule has 1 aliphatic heterocycles. The van der Waals surface area contributed by atoms with Crippen LogP contribution in [-0.4, -0.2) is 53.0 Å². The number of benzene rings is 1. The molecule has 140 valence electrons. The monoisotopic (exact) mass is 356 g/mol. The first kappa shape index (κ1) is 18.6. The Morgan fingerprint density at radius 3 is 2.54 bits per heavy atom. The van der Waals surface area contributed by atoms with E-state index in [4.69, 9.17) is 4.52 Å². The van der Waals surface area contributed by atoms with E-state index < -0.39 is 0 Å². The number of amides is 1. The van der Waals surface area contributed by atoms with E-state index in [2.05, 4.69) is 29.2 Å². The fraction of sp³-hybridized carbons (Fsp3) is 0.550. The number of hydrogen-bond acceptors (Lipinski definition) is 5. The summed E-state index contributed by atoms with van der Waals surface area (Å²) in [5.74, 6) is 2.07. The molecule has 1 atom stereocenters. The molecule has 0 unspecified atom stereocenters. The molecule has 3 rings (SSSR count). The SMILES string of the molecule is Cc1noc(CC2CCN(C(=O)[C@H](c3ccccc3C)N(C)C)CC2)n1. The topological polar surface area (TPSA) is 62.5 Å². The van der Waals surface area contributed by atoms with Crippen molar-refractivity contribution < 1.29 is 9.32 Å². The predicted octanol–water partition coefficient (Wildman–Crippen LogP) is 2.77. The number of rotatable bonds is 5. The Balaban J connectivity index is 1.64. The number of likely N-dealkylation sites (tertiary alicyclic amines) is 1. The van der Waals surface area contributed by atoms with E-state index in [0.29, 0.717) is 17.6 Å². The van der Waals surface area contributed by atoms with Crippen LogP contribution in [0.25, 0.3) is 0 Å². The molecule has 0 radical (unpaired) electrons. The summed E-state index contributed by atoms with van der Waals surface area (Å²) in [6.45, 7) is 5.47. The molecular formula is C20H28N4O2. The minimum atomic E-state index is -0.230. The van der Waals surface area contributed by atoms with Gasteiger partial charge < -0.3 is 9.42 Å². The van der Waals surface area contributed by atoms with Gasteiger partial charge in [-0.05, 0) is 57.8 Å². The molecule has 1 aromatic carbocycles. The number of carbonyl (C=O) groups excluding carboxylic acids is 1. The zero-order valence-corrected chi connectivity index (χ0v) is 16.1. The zero-order valence-electron chi connectivity index (χ0n) is 16.1. The Morgan fingerprint density at radius 2 is 1.96 bits per heavy atom. The molecular weight excluding hydrogens is 328 g/mol. The number of aryl methyl sites for hydroxylation is 2. The Labute approximate surface area is 155 Å². The van der Waals surface area contributed by atoms with Gasteiger partial charge in [-0.2, -0.15) is 4.98 Å². The molecule has 6 heteroatoms. The Morgan fingerprint density at radius 1 is 1.27 bits per heavy atom. The molecule has 1 aliphatic rings. The van der Waals surface area contributed by atoms with Crippen molar-refractivity contribution in [2.75, 3.05) is 27.2 Å². The fourth-order valence-corrected chi connectivity index (χ4v) is 3.73. The number of nitrogens with zero attached hydrogens (tertiary/aromatic N) is 4. The van der Waals surface area contributed by atoms with Crippen LogP contribution in [0.1, 0.15) is 41.7 Å². The van der Waals surface area contributed by atoms with E-state index in [0.717, 1.165) is 43.5 Å². The van der Waals surface area contributed by atoms with Crippen LogP contribution < -0.4 is 0 Å². The van der Waals surface area contributed by atoms with Gasteiger partial charge >= 0.3 is 0 Å². The summed E-state index contributed by atoms with van der Waals surface area (Å²) in [5, 5.41) is 3.85. The summed E-state index contributed by atoms with van der Waals surface area (Å²) in [5.41, 5.74) is 2.24. The predicted molar refractivity (Wildman–Crippen MR) is 99.7 cm³/mol. The van der Waals surface area contributed by atoms with Crippen LogP contribution in [0.2, 0.25) is 0 Å². The number of piperidine rings is 1. The van der Waals surface area contributed by atoms with Crippen LogP contribution in [0.3, 0.4) is 0 Å². The molecule has 1 aromatic heterocycles. The molecule has 1 fully saturated rings. The highest BCUT2D eigenvalue weighted by atomic mass is 16.5. The van der Waals surface area contributed by atoms with Crippen molar-refractivity contribution in [3.05, 3.63) is 47.1 Å². The smallest absolute Gasteiger partial charge is 0.244 e. The second-order valence-corrected chi connectivity index (χ2v) is 7.43. The molecule has 0 N–H and O–H groups in total. The van der Waals surface area contributed by atoms with Crippen LogP contribution in [0, 0.1) is 19.8 Å². The van der Waals surface area contributed by atoms with Crippen molar-refractivity contribution in [3.8, 4) is 0 Å². The molecule has 2 heterocycles. The van der Waals surface area contributed by atoms with Crippen LogP contribution in [0.4, 0.5) is 0 Å². The molecule has 0 spiro atoms. The molecule has 26 heavy (non-hydrogen) atoms. The normalized spacial score (nSPS) is 16.9. The Bertz CT molecular complexity index is 748. The summed E-state index contributed by atoms with van der Waals surface area (Å²) < 4.78 is 5.23. The lowest BCUT2D eigenvalue weighted by Gasteiger charge is -2.36. The van der Waals surface area contributed by atoms with Gasteiger partial charge in [0.1, 0.15) is 6.04 Å². The fourth-order valence-electron chi connectivity index (χ4n) is 3.73.